The van der Waals surface area contributed by atoms with Gasteiger partial charge >= 0.3 is 0 Å². The van der Waals surface area contributed by atoms with Gasteiger partial charge in [-0.15, -0.1) is 0 Å². The molecule has 0 unspecified atom stereocenters. The summed E-state index contributed by atoms with van der Waals surface area (Å²) < 4.78 is 2.83. The fourth-order valence-electron chi connectivity index (χ4n) is 1.84. The van der Waals surface area contributed by atoms with Crippen LogP contribution in [0.1, 0.15) is 11.3 Å². The van der Waals surface area contributed by atoms with Crippen molar-refractivity contribution in [2.75, 3.05) is 6.61 Å². The minimum atomic E-state index is 0.130. The first-order valence-electron chi connectivity index (χ1n) is 5.52. The molecule has 0 atom stereocenters. The van der Waals surface area contributed by atoms with E-state index >= 15 is 0 Å². The quantitative estimate of drug-likeness (QED) is 0.945. The second-order valence-corrected chi connectivity index (χ2v) is 4.82. The van der Waals surface area contributed by atoms with E-state index in [1.54, 1.807) is 0 Å². The number of halogens is 1. The van der Waals surface area contributed by atoms with E-state index in [1.165, 1.54) is 5.56 Å². The van der Waals surface area contributed by atoms with Crippen molar-refractivity contribution < 1.29 is 5.11 Å². The van der Waals surface area contributed by atoms with Crippen LogP contribution in [-0.2, 0) is 13.5 Å². The fraction of sp³-hybridized carbons (Fsp3) is 0.308. The summed E-state index contributed by atoms with van der Waals surface area (Å²) in [4.78, 5) is 4.50. The molecule has 1 heterocycles. The van der Waals surface area contributed by atoms with Crippen LogP contribution in [0.4, 0.5) is 0 Å². The van der Waals surface area contributed by atoms with Crippen molar-refractivity contribution in [2.45, 2.75) is 13.3 Å². The topological polar surface area (TPSA) is 38.1 Å². The van der Waals surface area contributed by atoms with Gasteiger partial charge in [-0.25, -0.2) is 4.98 Å². The summed E-state index contributed by atoms with van der Waals surface area (Å²) in [6.45, 7) is 2.20. The SMILES string of the molecule is Cc1ccc(-c2nc(Br)c(CCO)n2C)cc1. The average molecular weight is 295 g/mol. The van der Waals surface area contributed by atoms with Crippen LogP contribution in [0.25, 0.3) is 11.4 Å². The van der Waals surface area contributed by atoms with E-state index in [0.29, 0.717) is 6.42 Å². The number of hydrogen-bond acceptors (Lipinski definition) is 2. The van der Waals surface area contributed by atoms with Gasteiger partial charge in [0, 0.05) is 25.6 Å². The Morgan fingerprint density at radius 2 is 1.94 bits per heavy atom. The molecule has 0 saturated carbocycles. The maximum absolute atomic E-state index is 9.02. The Labute approximate surface area is 109 Å². The first kappa shape index (κ1) is 12.3. The van der Waals surface area contributed by atoms with Crippen molar-refractivity contribution in [3.05, 3.63) is 40.1 Å². The van der Waals surface area contributed by atoms with Crippen molar-refractivity contribution in [3.63, 3.8) is 0 Å². The summed E-state index contributed by atoms with van der Waals surface area (Å²) in [7, 11) is 1.97. The standard InChI is InChI=1S/C13H15BrN2O/c1-9-3-5-10(6-4-9)13-15-12(14)11(7-8-17)16(13)2/h3-6,17H,7-8H2,1-2H3. The normalized spacial score (nSPS) is 10.8. The van der Waals surface area contributed by atoms with Crippen LogP contribution in [-0.4, -0.2) is 21.3 Å². The smallest absolute Gasteiger partial charge is 0.141 e. The second kappa shape index (κ2) is 5.02. The Hall–Kier alpha value is -1.13. The van der Waals surface area contributed by atoms with Crippen molar-refractivity contribution in [1.29, 1.82) is 0 Å². The number of aromatic nitrogens is 2. The number of aryl methyl sites for hydroxylation is 1. The lowest BCUT2D eigenvalue weighted by atomic mass is 10.1. The number of rotatable bonds is 3. The van der Waals surface area contributed by atoms with E-state index in [0.717, 1.165) is 21.7 Å². The van der Waals surface area contributed by atoms with Gasteiger partial charge in [-0.1, -0.05) is 29.8 Å². The highest BCUT2D eigenvalue weighted by Gasteiger charge is 2.13. The Balaban J connectivity index is 2.46. The van der Waals surface area contributed by atoms with E-state index < -0.39 is 0 Å². The molecule has 90 valence electrons. The third-order valence-electron chi connectivity index (χ3n) is 2.82. The molecule has 1 aromatic carbocycles. The Kier molecular flexibility index (Phi) is 3.64. The van der Waals surface area contributed by atoms with Crippen LogP contribution < -0.4 is 0 Å². The molecule has 17 heavy (non-hydrogen) atoms. The van der Waals surface area contributed by atoms with Crippen LogP contribution in [0.2, 0.25) is 0 Å². The van der Waals surface area contributed by atoms with Crippen LogP contribution in [0, 0.1) is 6.92 Å². The largest absolute Gasteiger partial charge is 0.396 e. The monoisotopic (exact) mass is 294 g/mol. The summed E-state index contributed by atoms with van der Waals surface area (Å²) >= 11 is 3.44. The van der Waals surface area contributed by atoms with E-state index in [1.807, 2.05) is 11.6 Å². The van der Waals surface area contributed by atoms with Crippen LogP contribution in [0.3, 0.4) is 0 Å². The van der Waals surface area contributed by atoms with Gasteiger partial charge in [-0.3, -0.25) is 0 Å². The zero-order chi connectivity index (χ0) is 12.4. The molecular weight excluding hydrogens is 280 g/mol. The van der Waals surface area contributed by atoms with E-state index in [-0.39, 0.29) is 6.61 Å². The minimum Gasteiger partial charge on any atom is -0.396 e. The van der Waals surface area contributed by atoms with Crippen molar-refractivity contribution in [1.82, 2.24) is 9.55 Å². The predicted octanol–water partition coefficient (Wildman–Crippen LogP) is 2.69. The van der Waals surface area contributed by atoms with Crippen LogP contribution in [0.15, 0.2) is 28.9 Å². The molecule has 0 aliphatic rings. The molecule has 0 aliphatic heterocycles. The molecule has 0 radical (unpaired) electrons. The lowest BCUT2D eigenvalue weighted by molar-refractivity contribution is 0.296. The predicted molar refractivity (Wildman–Crippen MR) is 71.9 cm³/mol. The van der Waals surface area contributed by atoms with Gasteiger partial charge in [0.25, 0.3) is 0 Å². The zero-order valence-corrected chi connectivity index (χ0v) is 11.5. The van der Waals surface area contributed by atoms with Crippen molar-refractivity contribution in [2.24, 2.45) is 7.05 Å². The van der Waals surface area contributed by atoms with Gasteiger partial charge in [0.05, 0.1) is 5.69 Å². The molecule has 3 nitrogen and oxygen atoms in total. The van der Waals surface area contributed by atoms with Gasteiger partial charge in [-0.2, -0.15) is 0 Å². The Bertz CT molecular complexity index is 517. The summed E-state index contributed by atoms with van der Waals surface area (Å²) in [5.74, 6) is 0.917. The number of aliphatic hydroxyl groups excluding tert-OH is 1. The lowest BCUT2D eigenvalue weighted by Crippen LogP contribution is -2.01. The minimum absolute atomic E-state index is 0.130. The van der Waals surface area contributed by atoms with Gasteiger partial charge < -0.3 is 9.67 Å². The van der Waals surface area contributed by atoms with E-state index in [2.05, 4.69) is 52.1 Å². The van der Waals surface area contributed by atoms with Crippen LogP contribution >= 0.6 is 15.9 Å². The molecule has 0 aliphatic carbocycles. The highest BCUT2D eigenvalue weighted by molar-refractivity contribution is 9.10. The van der Waals surface area contributed by atoms with Gasteiger partial charge in [0.2, 0.25) is 0 Å². The molecule has 0 bridgehead atoms. The molecule has 0 saturated heterocycles. The Morgan fingerprint density at radius 1 is 1.29 bits per heavy atom. The maximum Gasteiger partial charge on any atom is 0.141 e. The number of hydrogen-bond donors (Lipinski definition) is 1. The molecule has 0 fully saturated rings. The molecule has 2 aromatic rings. The first-order chi connectivity index (χ1) is 8.13. The van der Waals surface area contributed by atoms with Crippen LogP contribution in [0.5, 0.6) is 0 Å². The molecule has 0 spiro atoms. The molecule has 0 amide bonds. The molecular formula is C13H15BrN2O. The van der Waals surface area contributed by atoms with E-state index in [9.17, 15) is 0 Å². The summed E-state index contributed by atoms with van der Waals surface area (Å²) in [6.07, 6.45) is 0.607. The van der Waals surface area contributed by atoms with Gasteiger partial charge in [-0.05, 0) is 22.9 Å². The highest BCUT2D eigenvalue weighted by Crippen LogP contribution is 2.25. The number of benzene rings is 1. The summed E-state index contributed by atoms with van der Waals surface area (Å²) in [5.41, 5.74) is 3.34. The third-order valence-corrected chi connectivity index (χ3v) is 3.46. The average Bonchev–Trinajstić information content (AvgIpc) is 2.59. The molecule has 2 rings (SSSR count). The Morgan fingerprint density at radius 3 is 2.53 bits per heavy atom. The maximum atomic E-state index is 9.02. The number of nitrogens with zero attached hydrogens (tertiary/aromatic N) is 2. The third kappa shape index (κ3) is 2.42. The van der Waals surface area contributed by atoms with E-state index in [4.69, 9.17) is 5.11 Å². The molecule has 4 heteroatoms. The summed E-state index contributed by atoms with van der Waals surface area (Å²) in [5, 5.41) is 9.02. The zero-order valence-electron chi connectivity index (χ0n) is 9.94. The highest BCUT2D eigenvalue weighted by atomic mass is 79.9. The van der Waals surface area contributed by atoms with Crippen molar-refractivity contribution in [3.8, 4) is 11.4 Å². The molecule has 1 aromatic heterocycles. The lowest BCUT2D eigenvalue weighted by Gasteiger charge is -2.05. The van der Waals surface area contributed by atoms with Gasteiger partial charge in [0.1, 0.15) is 10.4 Å². The fourth-order valence-corrected chi connectivity index (χ4v) is 2.47. The summed E-state index contributed by atoms with van der Waals surface area (Å²) in [6, 6.07) is 8.27. The number of imidazole rings is 1. The second-order valence-electron chi connectivity index (χ2n) is 4.07. The number of aliphatic hydroxyl groups is 1. The van der Waals surface area contributed by atoms with Gasteiger partial charge in [0.15, 0.2) is 0 Å². The molecule has 1 N–H and O–H groups in total. The first-order valence-corrected chi connectivity index (χ1v) is 6.31. The van der Waals surface area contributed by atoms with Crippen molar-refractivity contribution >= 4 is 15.9 Å².